The molecule has 12 heterocycles. The van der Waals surface area contributed by atoms with Crippen LogP contribution < -0.4 is 31.5 Å². The first-order valence-corrected chi connectivity index (χ1v) is 31.9. The van der Waals surface area contributed by atoms with Crippen LogP contribution in [0.4, 0.5) is 23.4 Å². The number of aryl methyl sites for hydroxylation is 4. The van der Waals surface area contributed by atoms with Crippen molar-refractivity contribution in [1.82, 2.24) is 64.3 Å². The Morgan fingerprint density at radius 1 is 0.568 bits per heavy atom. The number of rotatable bonds is 9. The highest BCUT2D eigenvalue weighted by Gasteiger charge is 2.26. The summed E-state index contributed by atoms with van der Waals surface area (Å²) in [7, 11) is 4.12. The number of amides is 1. The number of nitriles is 1. The van der Waals surface area contributed by atoms with Crippen molar-refractivity contribution in [3.05, 3.63) is 142 Å². The second-order valence-electron chi connectivity index (χ2n) is 23.0. The number of primary amides is 1. The Hall–Kier alpha value is -8.44. The van der Waals surface area contributed by atoms with Crippen LogP contribution in [0.1, 0.15) is 88.1 Å². The molecular weight excluding hydrogens is 1180 g/mol. The minimum atomic E-state index is -0.600. The number of carbonyl (C=O) groups excluding carboxylic acids is 1. The second-order valence-corrected chi connectivity index (χ2v) is 26.1. The zero-order valence-electron chi connectivity index (χ0n) is 49.5. The summed E-state index contributed by atoms with van der Waals surface area (Å²) in [5, 5.41) is 26.9. The van der Waals surface area contributed by atoms with Crippen LogP contribution in [0.15, 0.2) is 85.6 Å². The van der Waals surface area contributed by atoms with Crippen LogP contribution in [-0.4, -0.2) is 120 Å². The molecule has 0 unspecified atom stereocenters. The van der Waals surface area contributed by atoms with Gasteiger partial charge in [-0.15, -0.1) is 11.3 Å². The zero-order chi connectivity index (χ0) is 61.1. The van der Waals surface area contributed by atoms with E-state index in [1.54, 1.807) is 35.7 Å². The van der Waals surface area contributed by atoms with E-state index in [1.807, 2.05) is 76.1 Å². The molecule has 3 aliphatic heterocycles. The van der Waals surface area contributed by atoms with Gasteiger partial charge in [-0.25, -0.2) is 42.6 Å². The number of thiazole rings is 3. The molecule has 0 saturated carbocycles. The number of piperidine rings is 3. The molecule has 3 aromatic carbocycles. The fraction of sp³-hybridized carbons (Fsp3) is 0.328. The number of nitrogens with two attached hydrogens (primary N) is 1. The predicted molar refractivity (Wildman–Crippen MR) is 345 cm³/mol. The normalized spacial score (nSPS) is 15.3. The van der Waals surface area contributed by atoms with Gasteiger partial charge in [-0.1, -0.05) is 22.7 Å². The quantitative estimate of drug-likeness (QED) is 0.106. The van der Waals surface area contributed by atoms with E-state index >= 15 is 0 Å². The molecule has 0 aliphatic carbocycles. The fourth-order valence-corrected chi connectivity index (χ4v) is 15.4. The summed E-state index contributed by atoms with van der Waals surface area (Å²) in [5.74, 6) is -1.24. The van der Waals surface area contributed by atoms with Crippen LogP contribution in [0.5, 0.6) is 0 Å². The Balaban J connectivity index is 0.000000122. The van der Waals surface area contributed by atoms with E-state index in [0.717, 1.165) is 152 Å². The van der Waals surface area contributed by atoms with E-state index in [0.29, 0.717) is 68.4 Å². The Labute approximate surface area is 516 Å². The number of fused-ring (bicyclic) bond motifs is 6. The smallest absolute Gasteiger partial charge is 0.252 e. The standard InChI is InChI=1S/C22H21FN6S.C22H24FN5S.C20H19FN6OS/c1-13-11-29-12-16(7-15(10-24)21(29)26-13)14-8-18(23)20-19(9-14)30-22(27-20)28(2)17-3-5-25-6-4-17;1-13-11-28-12-16(9-19(28)14(2)25-13)15-8-18(23)21-20(10-15)29-22(26-21)27(3)17-4-6-24-7-5-17;1-10-9-27-19(24-10)13(18(22)28)8-15(26-27)12-6-14(21)17-16(7-12)29-20(25-17)11-2-4-23-5-3-11/h7-9,11-12,17,25H,3-6H2,1-2H3;8-12,17,24H,4-7H2,1-3H3;6-9,11,23H,2-5H2,1H3,(H2,22,28). The molecule has 1 amide bonds. The number of aromatic nitrogens is 10. The van der Waals surface area contributed by atoms with Gasteiger partial charge in [-0.3, -0.25) is 9.78 Å². The van der Waals surface area contributed by atoms with Gasteiger partial charge in [-0.05, 0) is 177 Å². The van der Waals surface area contributed by atoms with Gasteiger partial charge in [0.2, 0.25) is 0 Å². The highest BCUT2D eigenvalue weighted by atomic mass is 32.1. The van der Waals surface area contributed by atoms with Gasteiger partial charge in [0.1, 0.15) is 22.6 Å². The summed E-state index contributed by atoms with van der Waals surface area (Å²) in [6, 6.07) is 18.9. The Kier molecular flexibility index (Phi) is 16.1. The average Bonchev–Trinajstić information content (AvgIpc) is 2.92. The van der Waals surface area contributed by atoms with Gasteiger partial charge in [0.05, 0.1) is 70.4 Å². The largest absolute Gasteiger partial charge is 0.365 e. The fourth-order valence-electron chi connectivity index (χ4n) is 12.1. The van der Waals surface area contributed by atoms with Crippen molar-refractivity contribution < 1.29 is 18.0 Å². The molecule has 5 N–H and O–H groups in total. The molecule has 3 aliphatic rings. The average molecular weight is 1240 g/mol. The summed E-state index contributed by atoms with van der Waals surface area (Å²) in [5.41, 5.74) is 17.5. The number of carbonyl (C=O) groups is 1. The highest BCUT2D eigenvalue weighted by Crippen LogP contribution is 2.40. The van der Waals surface area contributed by atoms with E-state index in [2.05, 4.69) is 90.4 Å². The number of pyridine rings is 1. The van der Waals surface area contributed by atoms with Crippen molar-refractivity contribution in [2.75, 3.05) is 63.2 Å². The van der Waals surface area contributed by atoms with Crippen LogP contribution in [0.25, 0.3) is 81.0 Å². The number of hydrogen-bond acceptors (Lipinski definition) is 17. The molecule has 0 spiro atoms. The third kappa shape index (κ3) is 11.6. The molecule has 0 atom stereocenters. The van der Waals surface area contributed by atoms with Crippen LogP contribution >= 0.6 is 34.0 Å². The van der Waals surface area contributed by atoms with Gasteiger partial charge in [-0.2, -0.15) is 10.4 Å². The van der Waals surface area contributed by atoms with Gasteiger partial charge in [0, 0.05) is 68.0 Å². The summed E-state index contributed by atoms with van der Waals surface area (Å²) in [6.07, 6.45) is 15.8. The summed E-state index contributed by atoms with van der Waals surface area (Å²) < 4.78 is 52.7. The number of nitrogens with one attached hydrogen (secondary N) is 3. The van der Waals surface area contributed by atoms with Crippen molar-refractivity contribution >= 4 is 97.6 Å². The lowest BCUT2D eigenvalue weighted by molar-refractivity contribution is 0.100. The molecule has 3 saturated heterocycles. The molecule has 15 rings (SSSR count). The number of hydrogen-bond donors (Lipinski definition) is 4. The lowest BCUT2D eigenvalue weighted by atomic mass is 9.99. The molecule has 24 heteroatoms. The van der Waals surface area contributed by atoms with E-state index in [1.165, 1.54) is 39.3 Å². The molecule has 9 aromatic heterocycles. The molecule has 0 bridgehead atoms. The lowest BCUT2D eigenvalue weighted by Crippen LogP contribution is -2.41. The predicted octanol–water partition coefficient (Wildman–Crippen LogP) is 11.7. The Morgan fingerprint density at radius 2 is 1.06 bits per heavy atom. The van der Waals surface area contributed by atoms with Crippen molar-refractivity contribution in [2.24, 2.45) is 5.73 Å². The van der Waals surface area contributed by atoms with Crippen LogP contribution in [0.3, 0.4) is 0 Å². The summed E-state index contributed by atoms with van der Waals surface area (Å²) in [6.45, 7) is 13.6. The maximum Gasteiger partial charge on any atom is 0.252 e. The molecule has 450 valence electrons. The van der Waals surface area contributed by atoms with Crippen LogP contribution in [0, 0.1) is 56.5 Å². The third-order valence-corrected chi connectivity index (χ3v) is 20.1. The number of halogens is 3. The Bertz CT molecular complexity index is 4690. The maximum absolute atomic E-state index is 15.0. The SMILES string of the molecule is Cc1cn2cc(-c3cc(F)c4nc(N(C)C5CCNCC5)sc4c3)cc(C#N)c2n1.Cc1cn2cc(-c3cc(F)c4nc(N(C)C5CCNCC5)sc4c3)cc2c(C)n1.Cc1cn2nc(-c3cc(F)c4nc(C5CCNCC5)sc4c3)cc(C(N)=O)c2n1. The van der Waals surface area contributed by atoms with Gasteiger partial charge in [0.25, 0.3) is 5.91 Å². The van der Waals surface area contributed by atoms with Crippen molar-refractivity contribution in [1.29, 1.82) is 5.26 Å². The zero-order valence-corrected chi connectivity index (χ0v) is 51.9. The van der Waals surface area contributed by atoms with Crippen molar-refractivity contribution in [3.8, 4) is 39.6 Å². The molecular formula is C64H64F3N17OS3. The topological polar surface area (TPSA) is 213 Å². The Morgan fingerprint density at radius 3 is 1.65 bits per heavy atom. The lowest BCUT2D eigenvalue weighted by Gasteiger charge is -2.31. The highest BCUT2D eigenvalue weighted by molar-refractivity contribution is 7.22. The van der Waals surface area contributed by atoms with E-state index in [-0.39, 0.29) is 17.2 Å². The van der Waals surface area contributed by atoms with E-state index in [9.17, 15) is 23.2 Å². The summed E-state index contributed by atoms with van der Waals surface area (Å²) in [4.78, 5) is 43.3. The first-order chi connectivity index (χ1) is 42.5. The van der Waals surface area contributed by atoms with Crippen molar-refractivity contribution in [3.63, 3.8) is 0 Å². The molecule has 18 nitrogen and oxygen atoms in total. The second kappa shape index (κ2) is 24.3. The van der Waals surface area contributed by atoms with E-state index in [4.69, 9.17) is 5.73 Å². The minimum absolute atomic E-state index is 0.253. The number of imidazole rings is 2. The van der Waals surface area contributed by atoms with E-state index < -0.39 is 11.7 Å². The summed E-state index contributed by atoms with van der Waals surface area (Å²) >= 11 is 4.61. The van der Waals surface area contributed by atoms with Crippen LogP contribution in [0.2, 0.25) is 0 Å². The van der Waals surface area contributed by atoms with Gasteiger partial charge < -0.3 is 40.3 Å². The van der Waals surface area contributed by atoms with Gasteiger partial charge >= 0.3 is 0 Å². The van der Waals surface area contributed by atoms with Crippen LogP contribution in [-0.2, 0) is 0 Å². The molecule has 3 fully saturated rings. The first-order valence-electron chi connectivity index (χ1n) is 29.4. The first kappa shape index (κ1) is 58.6. The number of anilines is 2. The van der Waals surface area contributed by atoms with Gasteiger partial charge in [0.15, 0.2) is 39.0 Å². The minimum Gasteiger partial charge on any atom is -0.365 e. The number of benzene rings is 3. The van der Waals surface area contributed by atoms with Crippen molar-refractivity contribution in [2.45, 2.75) is 84.2 Å². The third-order valence-electron chi connectivity index (χ3n) is 16.8. The maximum atomic E-state index is 15.0. The molecule has 88 heavy (non-hydrogen) atoms. The molecule has 12 aromatic rings. The number of nitrogens with zero attached hydrogens (tertiary/aromatic N) is 13. The monoisotopic (exact) mass is 1240 g/mol. The molecule has 0 radical (unpaired) electrons.